The number of aryl methyl sites for hydroxylation is 1. The molecule has 1 aliphatic rings. The first-order valence-electron chi connectivity index (χ1n) is 6.67. The van der Waals surface area contributed by atoms with Gasteiger partial charge in [0.25, 0.3) is 5.91 Å². The summed E-state index contributed by atoms with van der Waals surface area (Å²) in [5.74, 6) is 0.558. The van der Waals surface area contributed by atoms with Crippen LogP contribution in [0.4, 0.5) is 0 Å². The van der Waals surface area contributed by atoms with E-state index in [0.717, 1.165) is 30.6 Å². The van der Waals surface area contributed by atoms with Crippen molar-refractivity contribution in [2.45, 2.75) is 33.2 Å². The van der Waals surface area contributed by atoms with Gasteiger partial charge in [0.2, 0.25) is 0 Å². The molecule has 0 aliphatic carbocycles. The van der Waals surface area contributed by atoms with Gasteiger partial charge in [-0.2, -0.15) is 0 Å². The van der Waals surface area contributed by atoms with E-state index in [2.05, 4.69) is 17.6 Å². The van der Waals surface area contributed by atoms with Gasteiger partial charge in [-0.3, -0.25) is 4.79 Å². The fourth-order valence-corrected chi connectivity index (χ4v) is 2.47. The van der Waals surface area contributed by atoms with E-state index in [9.17, 15) is 4.79 Å². The molecule has 1 aromatic rings. The number of hydrogen-bond donors (Lipinski definition) is 2. The molecule has 1 aromatic carbocycles. The van der Waals surface area contributed by atoms with Crippen molar-refractivity contribution in [3.8, 4) is 0 Å². The quantitative estimate of drug-likeness (QED) is 0.875. The summed E-state index contributed by atoms with van der Waals surface area (Å²) in [5.41, 5.74) is 3.05. The smallest absolute Gasteiger partial charge is 0.251 e. The van der Waals surface area contributed by atoms with Gasteiger partial charge in [-0.15, -0.1) is 12.4 Å². The Morgan fingerprint density at radius 2 is 2.11 bits per heavy atom. The van der Waals surface area contributed by atoms with Gasteiger partial charge in [-0.1, -0.05) is 19.1 Å². The Labute approximate surface area is 121 Å². The van der Waals surface area contributed by atoms with E-state index in [1.807, 2.05) is 32.0 Å². The topological polar surface area (TPSA) is 41.1 Å². The Kier molecular flexibility index (Phi) is 5.83. The Bertz CT molecular complexity index is 448. The average Bonchev–Trinajstić information content (AvgIpc) is 2.35. The standard InChI is InChI=1S/C15H22N2O.ClH/c1-10-5-4-6-13(12(10)3)15(18)17-14-7-8-16-9-11(14)2;/h4-6,11,14,16H,7-9H2,1-3H3,(H,17,18);1H. The number of piperidine rings is 1. The highest BCUT2D eigenvalue weighted by Crippen LogP contribution is 2.15. The third kappa shape index (κ3) is 3.71. The number of hydrogen-bond acceptors (Lipinski definition) is 2. The van der Waals surface area contributed by atoms with Crippen LogP contribution in [-0.2, 0) is 0 Å². The monoisotopic (exact) mass is 282 g/mol. The Hall–Kier alpha value is -1.06. The molecule has 0 saturated carbocycles. The van der Waals surface area contributed by atoms with Crippen LogP contribution in [0.3, 0.4) is 0 Å². The van der Waals surface area contributed by atoms with Crippen molar-refractivity contribution in [1.29, 1.82) is 0 Å². The molecule has 2 unspecified atom stereocenters. The fraction of sp³-hybridized carbons (Fsp3) is 0.533. The number of amides is 1. The molecule has 1 saturated heterocycles. The molecular weight excluding hydrogens is 260 g/mol. The van der Waals surface area contributed by atoms with Crippen LogP contribution in [0.15, 0.2) is 18.2 Å². The molecule has 0 bridgehead atoms. The van der Waals surface area contributed by atoms with Crippen LogP contribution in [0, 0.1) is 19.8 Å². The Balaban J connectivity index is 0.00000180. The number of nitrogens with one attached hydrogen (secondary N) is 2. The third-order valence-corrected chi connectivity index (χ3v) is 3.95. The summed E-state index contributed by atoms with van der Waals surface area (Å²) in [4.78, 5) is 12.3. The highest BCUT2D eigenvalue weighted by atomic mass is 35.5. The number of carbonyl (C=O) groups is 1. The van der Waals surface area contributed by atoms with E-state index in [1.54, 1.807) is 0 Å². The van der Waals surface area contributed by atoms with Crippen LogP contribution < -0.4 is 10.6 Å². The largest absolute Gasteiger partial charge is 0.349 e. The molecular formula is C15H23ClN2O. The van der Waals surface area contributed by atoms with Gasteiger partial charge >= 0.3 is 0 Å². The van der Waals surface area contributed by atoms with Gasteiger partial charge in [0, 0.05) is 11.6 Å². The zero-order chi connectivity index (χ0) is 13.1. The summed E-state index contributed by atoms with van der Waals surface area (Å²) in [6, 6.07) is 6.19. The van der Waals surface area contributed by atoms with E-state index in [1.165, 1.54) is 5.56 Å². The lowest BCUT2D eigenvalue weighted by Gasteiger charge is -2.30. The molecule has 1 aliphatic heterocycles. The van der Waals surface area contributed by atoms with Crippen molar-refractivity contribution in [2.75, 3.05) is 13.1 Å². The maximum absolute atomic E-state index is 12.3. The van der Waals surface area contributed by atoms with Crippen LogP contribution in [0.1, 0.15) is 34.8 Å². The fourth-order valence-electron chi connectivity index (χ4n) is 2.47. The number of carbonyl (C=O) groups excluding carboxylic acids is 1. The molecule has 0 spiro atoms. The lowest BCUT2D eigenvalue weighted by Crippen LogP contribution is -2.48. The maximum atomic E-state index is 12.3. The van der Waals surface area contributed by atoms with E-state index >= 15 is 0 Å². The van der Waals surface area contributed by atoms with Crippen molar-refractivity contribution in [1.82, 2.24) is 10.6 Å². The number of rotatable bonds is 2. The molecule has 2 N–H and O–H groups in total. The van der Waals surface area contributed by atoms with Crippen molar-refractivity contribution in [3.05, 3.63) is 34.9 Å². The molecule has 19 heavy (non-hydrogen) atoms. The van der Waals surface area contributed by atoms with Crippen LogP contribution in [0.5, 0.6) is 0 Å². The summed E-state index contributed by atoms with van der Waals surface area (Å²) < 4.78 is 0. The highest BCUT2D eigenvalue weighted by molar-refractivity contribution is 5.96. The predicted octanol–water partition coefficient (Wildman–Crippen LogP) is 2.45. The predicted molar refractivity (Wildman–Crippen MR) is 81.1 cm³/mol. The van der Waals surface area contributed by atoms with Crippen molar-refractivity contribution < 1.29 is 4.79 Å². The summed E-state index contributed by atoms with van der Waals surface area (Å²) in [7, 11) is 0. The second-order valence-corrected chi connectivity index (χ2v) is 5.30. The molecule has 1 amide bonds. The van der Waals surface area contributed by atoms with Crippen LogP contribution in [-0.4, -0.2) is 25.0 Å². The van der Waals surface area contributed by atoms with Crippen molar-refractivity contribution in [3.63, 3.8) is 0 Å². The molecule has 106 valence electrons. The van der Waals surface area contributed by atoms with Gasteiger partial charge in [0.05, 0.1) is 0 Å². The number of benzene rings is 1. The van der Waals surface area contributed by atoms with Crippen molar-refractivity contribution in [2.24, 2.45) is 5.92 Å². The van der Waals surface area contributed by atoms with E-state index in [0.29, 0.717) is 12.0 Å². The van der Waals surface area contributed by atoms with Crippen LogP contribution in [0.25, 0.3) is 0 Å². The van der Waals surface area contributed by atoms with E-state index in [-0.39, 0.29) is 18.3 Å². The minimum Gasteiger partial charge on any atom is -0.349 e. The maximum Gasteiger partial charge on any atom is 0.251 e. The van der Waals surface area contributed by atoms with Crippen LogP contribution in [0.2, 0.25) is 0 Å². The third-order valence-electron chi connectivity index (χ3n) is 3.95. The lowest BCUT2D eigenvalue weighted by molar-refractivity contribution is 0.0913. The van der Waals surface area contributed by atoms with Gasteiger partial charge in [-0.05, 0) is 56.5 Å². The average molecular weight is 283 g/mol. The molecule has 2 atom stereocenters. The van der Waals surface area contributed by atoms with Crippen LogP contribution >= 0.6 is 12.4 Å². The summed E-state index contributed by atoms with van der Waals surface area (Å²) in [6.45, 7) is 8.20. The molecule has 0 aromatic heterocycles. The normalized spacial score (nSPS) is 22.5. The zero-order valence-corrected chi connectivity index (χ0v) is 12.6. The summed E-state index contributed by atoms with van der Waals surface area (Å²) in [6.07, 6.45) is 1.01. The molecule has 4 heteroatoms. The van der Waals surface area contributed by atoms with Gasteiger partial charge in [-0.25, -0.2) is 0 Å². The Morgan fingerprint density at radius 3 is 2.79 bits per heavy atom. The lowest BCUT2D eigenvalue weighted by atomic mass is 9.94. The second kappa shape index (κ2) is 6.92. The molecule has 0 radical (unpaired) electrons. The first kappa shape index (κ1) is 16.0. The van der Waals surface area contributed by atoms with Gasteiger partial charge in [0.15, 0.2) is 0 Å². The molecule has 1 heterocycles. The number of halogens is 1. The van der Waals surface area contributed by atoms with Gasteiger partial charge < -0.3 is 10.6 Å². The van der Waals surface area contributed by atoms with E-state index < -0.39 is 0 Å². The van der Waals surface area contributed by atoms with Gasteiger partial charge in [0.1, 0.15) is 0 Å². The summed E-state index contributed by atoms with van der Waals surface area (Å²) in [5, 5.41) is 6.52. The minimum atomic E-state index is 0. The highest BCUT2D eigenvalue weighted by Gasteiger charge is 2.23. The summed E-state index contributed by atoms with van der Waals surface area (Å²) >= 11 is 0. The minimum absolute atomic E-state index is 0. The zero-order valence-electron chi connectivity index (χ0n) is 11.8. The first-order valence-corrected chi connectivity index (χ1v) is 6.67. The SMILES string of the molecule is Cc1cccc(C(=O)NC2CCNCC2C)c1C.Cl. The molecule has 3 nitrogen and oxygen atoms in total. The first-order chi connectivity index (χ1) is 8.59. The van der Waals surface area contributed by atoms with E-state index in [4.69, 9.17) is 0 Å². The Morgan fingerprint density at radius 1 is 1.37 bits per heavy atom. The molecule has 2 rings (SSSR count). The molecule has 1 fully saturated rings. The second-order valence-electron chi connectivity index (χ2n) is 5.30. The van der Waals surface area contributed by atoms with Crippen molar-refractivity contribution >= 4 is 18.3 Å².